The number of rotatable bonds is 72. The Hall–Kier alpha value is -2.01. The molecule has 8 rings (SSSR count). The van der Waals surface area contributed by atoms with Crippen molar-refractivity contribution in [2.24, 2.45) is 0 Å². The van der Waals surface area contributed by atoms with Gasteiger partial charge in [0.15, 0.2) is 0 Å². The summed E-state index contributed by atoms with van der Waals surface area (Å²) < 4.78 is 0. The number of hydrogen-bond acceptors (Lipinski definition) is 22. The molecule has 0 aliphatic carbocycles. The molecule has 0 atom stereocenters. The van der Waals surface area contributed by atoms with Crippen LogP contribution in [0.25, 0.3) is 0 Å². The molecule has 0 radical (unpaired) electrons. The molecular formula is C88H189N19O3. The number of hydrogen-bond donors (Lipinski definition) is 4. The first-order chi connectivity index (χ1) is 52.9. The van der Waals surface area contributed by atoms with Gasteiger partial charge < -0.3 is 104 Å². The van der Waals surface area contributed by atoms with Crippen molar-refractivity contribution in [3.05, 3.63) is 12.7 Å². The third-order valence-corrected chi connectivity index (χ3v) is 21.4. The molecule has 8 aliphatic heterocycles. The van der Waals surface area contributed by atoms with Crippen molar-refractivity contribution in [3.8, 4) is 0 Å². The molecule has 0 aromatic carbocycles. The lowest BCUT2D eigenvalue weighted by atomic mass is 10.2. The maximum Gasteiger partial charge on any atom is 0.142 e. The summed E-state index contributed by atoms with van der Waals surface area (Å²) in [5.74, 6) is 0. The van der Waals surface area contributed by atoms with Gasteiger partial charge in [-0.2, -0.15) is 0 Å². The van der Waals surface area contributed by atoms with Crippen molar-refractivity contribution < 1.29 is 14.4 Å². The molecule has 654 valence electrons. The second-order valence-corrected chi connectivity index (χ2v) is 32.8. The highest BCUT2D eigenvalue weighted by Crippen LogP contribution is 2.13. The fraction of sp³-hybridized carbons (Fsp3) is 0.943. The maximum absolute atomic E-state index is 9.71. The van der Waals surface area contributed by atoms with Gasteiger partial charge in [0.1, 0.15) is 18.9 Å². The van der Waals surface area contributed by atoms with E-state index in [0.29, 0.717) is 19.1 Å². The van der Waals surface area contributed by atoms with Crippen LogP contribution in [0.5, 0.6) is 0 Å². The Bertz CT molecular complexity index is 1770. The molecule has 0 unspecified atom stereocenters. The number of aldehydes is 3. The van der Waals surface area contributed by atoms with Gasteiger partial charge in [0.05, 0.1) is 0 Å². The van der Waals surface area contributed by atoms with Gasteiger partial charge in [0.25, 0.3) is 0 Å². The molecular weight excluding hydrogens is 1370 g/mol. The van der Waals surface area contributed by atoms with Crippen LogP contribution < -0.4 is 21.3 Å². The highest BCUT2D eigenvalue weighted by molar-refractivity contribution is 5.63. The Labute approximate surface area is 683 Å². The van der Waals surface area contributed by atoms with Gasteiger partial charge in [-0.15, -0.1) is 0 Å². The van der Waals surface area contributed by atoms with Gasteiger partial charge in [-0.05, 0) is 380 Å². The van der Waals surface area contributed by atoms with Crippen LogP contribution >= 0.6 is 0 Å². The van der Waals surface area contributed by atoms with Crippen LogP contribution in [-0.2, 0) is 14.4 Å². The molecule has 22 nitrogen and oxygen atoms in total. The summed E-state index contributed by atoms with van der Waals surface area (Å²) in [4.78, 5) is 66.6. The zero-order valence-electron chi connectivity index (χ0n) is 72.9. The van der Waals surface area contributed by atoms with Crippen LogP contribution in [-0.4, -0.2) is 443 Å². The Morgan fingerprint density at radius 3 is 0.645 bits per heavy atom. The first-order valence-electron chi connectivity index (χ1n) is 45.1. The van der Waals surface area contributed by atoms with Crippen molar-refractivity contribution in [3.63, 3.8) is 0 Å². The number of unbranched alkanes of at least 4 members (excludes halogenated alkanes) is 11. The Morgan fingerprint density at radius 1 is 0.291 bits per heavy atom. The lowest BCUT2D eigenvalue weighted by Crippen LogP contribution is -2.30. The van der Waals surface area contributed by atoms with E-state index in [0.717, 1.165) is 45.3 Å². The fourth-order valence-corrected chi connectivity index (χ4v) is 13.2. The minimum atomic E-state index is 0. The molecule has 8 aliphatic rings. The first kappa shape index (κ1) is 108. The Kier molecular flexibility index (Phi) is 78.0. The SMILES string of the molecule is C.C.C1CN1.C=CC=O.CCCCCCN(CCCCNC)CCCCNC.CN(CCCCN(CCCCN(C)CCCN1CC1)CCCCN(C)CCCN1CC1)CCCN1CC1.CNCCCCN(CCCCN(C)CCCN1CC1)CCCCN(C)CCCN1CC1.O=CCCN1CC1.O=CCCN1CC1. The lowest BCUT2D eigenvalue weighted by Gasteiger charge is -2.24. The molecule has 0 aromatic heterocycles. The number of carbonyl (C=O) groups is 3. The summed E-state index contributed by atoms with van der Waals surface area (Å²) in [6, 6.07) is 0. The van der Waals surface area contributed by atoms with Crippen molar-refractivity contribution in [2.75, 3.05) is 351 Å². The van der Waals surface area contributed by atoms with Crippen LogP contribution in [0.4, 0.5) is 0 Å². The molecule has 0 amide bonds. The van der Waals surface area contributed by atoms with E-state index in [1.54, 1.807) is 0 Å². The van der Waals surface area contributed by atoms with Crippen LogP contribution in [0.3, 0.4) is 0 Å². The molecule has 22 heteroatoms. The topological polar surface area (TPSA) is 156 Å². The van der Waals surface area contributed by atoms with Gasteiger partial charge in [-0.1, -0.05) is 47.6 Å². The quantitative estimate of drug-likeness (QED) is 0.0199. The molecule has 0 saturated carbocycles. The molecule has 0 spiro atoms. The molecule has 4 N–H and O–H groups in total. The van der Waals surface area contributed by atoms with Gasteiger partial charge in [-0.3, -0.25) is 4.79 Å². The monoisotopic (exact) mass is 1560 g/mol. The van der Waals surface area contributed by atoms with Crippen LogP contribution in [0.2, 0.25) is 0 Å². The van der Waals surface area contributed by atoms with Gasteiger partial charge >= 0.3 is 0 Å². The van der Waals surface area contributed by atoms with Gasteiger partial charge in [-0.25, -0.2) is 0 Å². The number of carbonyl (C=O) groups excluding carboxylic acids is 3. The molecule has 8 heterocycles. The summed E-state index contributed by atoms with van der Waals surface area (Å²) in [6.07, 6.45) is 38.7. The van der Waals surface area contributed by atoms with E-state index in [1.165, 1.54) is 428 Å². The Balaban J connectivity index is 0.00000145. The predicted octanol–water partition coefficient (Wildman–Crippen LogP) is 8.55. The molecule has 0 bridgehead atoms. The standard InChI is InChI=1S/C30H63N7.C25H54N6.C16H37N3.2C5H9NO.C3H4O.C2H5N.2CH4/c1-31(16-10-22-35-25-26-35)13-4-7-19-34(20-8-5-14-32(2)17-11-23-36-27-28-36)21-9-6-15-33(3)18-12-24-37-29-30-37;1-26-12-4-5-17-29(18-8-6-13-27(2)15-10-20-30-22-23-30)19-9-7-14-28(3)16-11-21-31-24-25-31;1-4-5-6-9-14-19(15-10-7-12-17-2)16-11-8-13-18-3;2*7-5-1-2-6-3-4-6;1-2-3-4;1-2-3-1;;/h4-30H2,1-3H3;26H,4-25H2,1-3H3;17-18H,4-16H2,1-3H3;2*5H,1-4H2;2-3H,1H2;3H,1-2H2;2*1H4. The zero-order valence-corrected chi connectivity index (χ0v) is 72.9. The van der Waals surface area contributed by atoms with Crippen LogP contribution in [0.15, 0.2) is 12.7 Å². The van der Waals surface area contributed by atoms with E-state index < -0.39 is 0 Å². The summed E-state index contributed by atoms with van der Waals surface area (Å²) in [5.41, 5.74) is 0. The van der Waals surface area contributed by atoms with Crippen LogP contribution in [0, 0.1) is 0 Å². The van der Waals surface area contributed by atoms with Gasteiger partial charge in [0.2, 0.25) is 0 Å². The van der Waals surface area contributed by atoms with Gasteiger partial charge in [0, 0.05) is 131 Å². The van der Waals surface area contributed by atoms with Crippen molar-refractivity contribution in [1.82, 2.24) is 94.8 Å². The van der Waals surface area contributed by atoms with E-state index in [4.69, 9.17) is 4.79 Å². The normalized spacial score (nSPS) is 16.2. The third-order valence-electron chi connectivity index (χ3n) is 21.4. The molecule has 0 aromatic rings. The minimum Gasteiger partial charge on any atom is -0.320 e. The maximum atomic E-state index is 9.71. The van der Waals surface area contributed by atoms with Crippen molar-refractivity contribution >= 4 is 18.9 Å². The predicted molar refractivity (Wildman–Crippen MR) is 479 cm³/mol. The third kappa shape index (κ3) is 83.9. The van der Waals surface area contributed by atoms with Crippen molar-refractivity contribution in [2.45, 2.75) is 195 Å². The number of nitrogens with one attached hydrogen (secondary N) is 4. The fourth-order valence-electron chi connectivity index (χ4n) is 13.2. The second-order valence-electron chi connectivity index (χ2n) is 32.8. The minimum absolute atomic E-state index is 0. The highest BCUT2D eigenvalue weighted by atomic mass is 16.1. The van der Waals surface area contributed by atoms with E-state index in [2.05, 4.69) is 151 Å². The molecule has 8 saturated heterocycles. The Morgan fingerprint density at radius 2 is 0.473 bits per heavy atom. The summed E-state index contributed by atoms with van der Waals surface area (Å²) in [6.45, 7) is 62.2. The molecule has 8 fully saturated rings. The number of allylic oxidation sites excluding steroid dienone is 1. The van der Waals surface area contributed by atoms with E-state index in [1.807, 2.05) is 14.1 Å². The highest BCUT2D eigenvalue weighted by Gasteiger charge is 2.21. The lowest BCUT2D eigenvalue weighted by molar-refractivity contribution is -0.108. The average molecular weight is 1560 g/mol. The second kappa shape index (κ2) is 79.5. The smallest absolute Gasteiger partial charge is 0.142 e. The largest absolute Gasteiger partial charge is 0.320 e. The first-order valence-corrected chi connectivity index (χ1v) is 45.1. The molecule has 110 heavy (non-hydrogen) atoms. The van der Waals surface area contributed by atoms with E-state index in [-0.39, 0.29) is 14.9 Å². The summed E-state index contributed by atoms with van der Waals surface area (Å²) in [5, 5.41) is 12.8. The zero-order chi connectivity index (χ0) is 78.2. The van der Waals surface area contributed by atoms with Crippen molar-refractivity contribution in [1.29, 1.82) is 0 Å². The van der Waals surface area contributed by atoms with E-state index >= 15 is 0 Å². The van der Waals surface area contributed by atoms with E-state index in [9.17, 15) is 9.59 Å². The average Bonchev–Trinajstić information content (AvgIpc) is 1.83. The number of nitrogens with zero attached hydrogens (tertiary/aromatic N) is 15. The summed E-state index contributed by atoms with van der Waals surface area (Å²) >= 11 is 0. The summed E-state index contributed by atoms with van der Waals surface area (Å²) in [7, 11) is 17.7. The van der Waals surface area contributed by atoms with Crippen LogP contribution in [0.1, 0.15) is 195 Å².